The fourth-order valence-corrected chi connectivity index (χ4v) is 1.46. The maximum absolute atomic E-state index is 5.23. The van der Waals surface area contributed by atoms with E-state index < -0.39 is 0 Å². The Hall–Kier alpha value is -1.52. The standard InChI is InChI=1S/C15H19N/c1-5-10-16(4)11-6-7-15-9-8-13(2)14(3)12-15/h1,6-9,12H,10-11H2,2-4H3/b7-6+. The van der Waals surface area contributed by atoms with E-state index in [9.17, 15) is 0 Å². The third-order valence-electron chi connectivity index (χ3n) is 2.62. The Bertz CT molecular complexity index is 410. The van der Waals surface area contributed by atoms with Gasteiger partial charge in [0.15, 0.2) is 0 Å². The summed E-state index contributed by atoms with van der Waals surface area (Å²) < 4.78 is 0. The number of aryl methyl sites for hydroxylation is 2. The van der Waals surface area contributed by atoms with Crippen LogP contribution in [0, 0.1) is 26.2 Å². The minimum absolute atomic E-state index is 0.692. The normalized spacial score (nSPS) is 10.9. The highest BCUT2D eigenvalue weighted by Crippen LogP contribution is 2.10. The molecule has 0 atom stereocenters. The zero-order valence-electron chi connectivity index (χ0n) is 10.3. The van der Waals surface area contributed by atoms with E-state index in [1.807, 2.05) is 7.05 Å². The van der Waals surface area contributed by atoms with Gasteiger partial charge in [0.05, 0.1) is 6.54 Å². The zero-order valence-corrected chi connectivity index (χ0v) is 10.3. The first kappa shape index (κ1) is 12.5. The molecule has 0 aliphatic heterocycles. The number of nitrogens with zero attached hydrogens (tertiary/aromatic N) is 1. The summed E-state index contributed by atoms with van der Waals surface area (Å²) in [5.41, 5.74) is 3.91. The third-order valence-corrected chi connectivity index (χ3v) is 2.62. The lowest BCUT2D eigenvalue weighted by molar-refractivity contribution is 0.420. The molecule has 0 N–H and O–H groups in total. The Kier molecular flexibility index (Phi) is 4.82. The molecular formula is C15H19N. The number of hydrogen-bond acceptors (Lipinski definition) is 1. The lowest BCUT2D eigenvalue weighted by Crippen LogP contribution is -2.17. The summed E-state index contributed by atoms with van der Waals surface area (Å²) in [6, 6.07) is 6.49. The van der Waals surface area contributed by atoms with Crippen LogP contribution in [0.15, 0.2) is 24.3 Å². The van der Waals surface area contributed by atoms with Crippen LogP contribution in [0.4, 0.5) is 0 Å². The van der Waals surface area contributed by atoms with Gasteiger partial charge >= 0.3 is 0 Å². The van der Waals surface area contributed by atoms with E-state index in [0.29, 0.717) is 6.54 Å². The van der Waals surface area contributed by atoms with Crippen LogP contribution in [0.1, 0.15) is 16.7 Å². The summed E-state index contributed by atoms with van der Waals surface area (Å²) in [6.45, 7) is 5.84. The predicted molar refractivity (Wildman–Crippen MR) is 71.3 cm³/mol. The van der Waals surface area contributed by atoms with Crippen LogP contribution >= 0.6 is 0 Å². The summed E-state index contributed by atoms with van der Waals surface area (Å²) in [5.74, 6) is 2.62. The summed E-state index contributed by atoms with van der Waals surface area (Å²) >= 11 is 0. The number of terminal acetylenes is 1. The van der Waals surface area contributed by atoms with Gasteiger partial charge in [0, 0.05) is 6.54 Å². The first-order valence-corrected chi connectivity index (χ1v) is 5.49. The van der Waals surface area contributed by atoms with Gasteiger partial charge < -0.3 is 0 Å². The molecule has 1 aromatic carbocycles. The molecule has 0 fully saturated rings. The molecule has 0 bridgehead atoms. The molecule has 0 unspecified atom stereocenters. The van der Waals surface area contributed by atoms with Crippen LogP contribution in [0.5, 0.6) is 0 Å². The molecule has 1 nitrogen and oxygen atoms in total. The van der Waals surface area contributed by atoms with Crippen LogP contribution in [0.25, 0.3) is 6.08 Å². The van der Waals surface area contributed by atoms with Gasteiger partial charge in [-0.25, -0.2) is 0 Å². The van der Waals surface area contributed by atoms with Crippen molar-refractivity contribution in [1.82, 2.24) is 4.90 Å². The number of hydrogen-bond donors (Lipinski definition) is 0. The van der Waals surface area contributed by atoms with Crippen molar-refractivity contribution in [2.75, 3.05) is 20.1 Å². The summed E-state index contributed by atoms with van der Waals surface area (Å²) in [4.78, 5) is 2.09. The Morgan fingerprint density at radius 3 is 2.69 bits per heavy atom. The van der Waals surface area contributed by atoms with E-state index >= 15 is 0 Å². The average molecular weight is 213 g/mol. The molecule has 0 saturated heterocycles. The lowest BCUT2D eigenvalue weighted by atomic mass is 10.1. The van der Waals surface area contributed by atoms with Crippen LogP contribution in [-0.4, -0.2) is 25.0 Å². The molecule has 16 heavy (non-hydrogen) atoms. The quantitative estimate of drug-likeness (QED) is 0.695. The number of likely N-dealkylation sites (N-methyl/N-ethyl adjacent to an activating group) is 1. The fourth-order valence-electron chi connectivity index (χ4n) is 1.46. The topological polar surface area (TPSA) is 3.24 Å². The third kappa shape index (κ3) is 3.92. The van der Waals surface area contributed by atoms with E-state index in [0.717, 1.165) is 6.54 Å². The van der Waals surface area contributed by atoms with Crippen LogP contribution < -0.4 is 0 Å². The minimum Gasteiger partial charge on any atom is -0.292 e. The molecule has 1 rings (SSSR count). The van der Waals surface area contributed by atoms with Crippen molar-refractivity contribution in [3.05, 3.63) is 41.0 Å². The average Bonchev–Trinajstić information content (AvgIpc) is 2.24. The second-order valence-electron chi connectivity index (χ2n) is 4.15. The van der Waals surface area contributed by atoms with E-state index in [1.165, 1.54) is 16.7 Å². The molecule has 0 heterocycles. The molecule has 0 aliphatic carbocycles. The molecule has 0 aliphatic rings. The highest BCUT2D eigenvalue weighted by Gasteiger charge is 1.93. The number of benzene rings is 1. The van der Waals surface area contributed by atoms with Gasteiger partial charge in [-0.15, -0.1) is 6.42 Å². The largest absolute Gasteiger partial charge is 0.292 e. The van der Waals surface area contributed by atoms with Crippen molar-refractivity contribution in [2.24, 2.45) is 0 Å². The van der Waals surface area contributed by atoms with Crippen LogP contribution in [0.3, 0.4) is 0 Å². The molecule has 0 spiro atoms. The van der Waals surface area contributed by atoms with Crippen molar-refractivity contribution < 1.29 is 0 Å². The molecule has 84 valence electrons. The summed E-state index contributed by atoms with van der Waals surface area (Å²) in [6.07, 6.45) is 9.51. The summed E-state index contributed by atoms with van der Waals surface area (Å²) in [5, 5.41) is 0. The second-order valence-corrected chi connectivity index (χ2v) is 4.15. The monoisotopic (exact) mass is 213 g/mol. The van der Waals surface area contributed by atoms with E-state index in [4.69, 9.17) is 6.42 Å². The zero-order chi connectivity index (χ0) is 12.0. The second kappa shape index (κ2) is 6.15. The molecule has 0 aromatic heterocycles. The molecular weight excluding hydrogens is 194 g/mol. The smallest absolute Gasteiger partial charge is 0.0599 e. The predicted octanol–water partition coefficient (Wildman–Crippen LogP) is 2.88. The van der Waals surface area contributed by atoms with Crippen molar-refractivity contribution in [2.45, 2.75) is 13.8 Å². The van der Waals surface area contributed by atoms with Gasteiger partial charge in [0.2, 0.25) is 0 Å². The van der Waals surface area contributed by atoms with Crippen molar-refractivity contribution in [3.8, 4) is 12.3 Å². The lowest BCUT2D eigenvalue weighted by Gasteiger charge is -2.09. The Labute approximate surface area is 98.8 Å². The van der Waals surface area contributed by atoms with Gasteiger partial charge in [-0.05, 0) is 37.6 Å². The molecule has 0 saturated carbocycles. The highest BCUT2D eigenvalue weighted by molar-refractivity contribution is 5.51. The molecule has 0 radical (unpaired) electrons. The van der Waals surface area contributed by atoms with Crippen molar-refractivity contribution in [1.29, 1.82) is 0 Å². The molecule has 1 heteroatoms. The van der Waals surface area contributed by atoms with E-state index in [2.05, 4.69) is 55.0 Å². The Balaban J connectivity index is 2.57. The maximum atomic E-state index is 5.23. The van der Waals surface area contributed by atoms with Gasteiger partial charge in [0.25, 0.3) is 0 Å². The van der Waals surface area contributed by atoms with Gasteiger partial charge in [-0.2, -0.15) is 0 Å². The van der Waals surface area contributed by atoms with Gasteiger partial charge in [0.1, 0.15) is 0 Å². The fraction of sp³-hybridized carbons (Fsp3) is 0.333. The van der Waals surface area contributed by atoms with Crippen molar-refractivity contribution >= 4 is 6.08 Å². The summed E-state index contributed by atoms with van der Waals surface area (Å²) in [7, 11) is 2.02. The van der Waals surface area contributed by atoms with Gasteiger partial charge in [-0.3, -0.25) is 4.90 Å². The van der Waals surface area contributed by atoms with Crippen LogP contribution in [0.2, 0.25) is 0 Å². The Morgan fingerprint density at radius 1 is 1.31 bits per heavy atom. The minimum atomic E-state index is 0.692. The first-order valence-electron chi connectivity index (χ1n) is 5.49. The molecule has 0 amide bonds. The van der Waals surface area contributed by atoms with Gasteiger partial charge in [-0.1, -0.05) is 36.3 Å². The van der Waals surface area contributed by atoms with E-state index in [1.54, 1.807) is 0 Å². The Morgan fingerprint density at radius 2 is 2.06 bits per heavy atom. The first-order chi connectivity index (χ1) is 7.63. The SMILES string of the molecule is C#CCN(C)C/C=C/c1ccc(C)c(C)c1. The van der Waals surface area contributed by atoms with Crippen LogP contribution in [-0.2, 0) is 0 Å². The highest BCUT2D eigenvalue weighted by atomic mass is 15.1. The molecule has 1 aromatic rings. The van der Waals surface area contributed by atoms with Crippen molar-refractivity contribution in [3.63, 3.8) is 0 Å². The van der Waals surface area contributed by atoms with E-state index in [-0.39, 0.29) is 0 Å². The number of rotatable bonds is 4. The maximum Gasteiger partial charge on any atom is 0.0599 e.